The number of piperidine rings is 1. The molecule has 1 fully saturated rings. The Morgan fingerprint density at radius 2 is 2.09 bits per heavy atom. The van der Waals surface area contributed by atoms with Gasteiger partial charge in [-0.05, 0) is 45.2 Å². The second kappa shape index (κ2) is 6.67. The minimum Gasteiger partial charge on any atom is -0.396 e. The summed E-state index contributed by atoms with van der Waals surface area (Å²) >= 11 is 0. The summed E-state index contributed by atoms with van der Waals surface area (Å²) in [7, 11) is 0. The van der Waals surface area contributed by atoms with Crippen LogP contribution in [0.2, 0.25) is 0 Å². The number of nitrogens with zero attached hydrogens (tertiary/aromatic N) is 3. The molecule has 1 aliphatic rings. The van der Waals surface area contributed by atoms with Crippen molar-refractivity contribution < 1.29 is 5.11 Å². The molecule has 1 saturated heterocycles. The zero-order valence-electron chi connectivity index (χ0n) is 14.0. The first-order valence-electron chi connectivity index (χ1n) is 8.33. The fourth-order valence-electron chi connectivity index (χ4n) is 3.28. The van der Waals surface area contributed by atoms with E-state index < -0.39 is 0 Å². The second-order valence-electron chi connectivity index (χ2n) is 6.89. The molecule has 4 heteroatoms. The van der Waals surface area contributed by atoms with Gasteiger partial charge in [0.05, 0.1) is 23.8 Å². The predicted octanol–water partition coefficient (Wildman–Crippen LogP) is 3.57. The van der Waals surface area contributed by atoms with Crippen molar-refractivity contribution in [1.82, 2.24) is 9.97 Å². The molecule has 23 heavy (non-hydrogen) atoms. The molecule has 2 aromatic rings. The SMILES string of the molecule is CC(C)=CC[C@@]1(CO)CCCN(c2cnc3ccccc3n2)C1. The van der Waals surface area contributed by atoms with Crippen molar-refractivity contribution in [1.29, 1.82) is 0 Å². The molecule has 4 nitrogen and oxygen atoms in total. The summed E-state index contributed by atoms with van der Waals surface area (Å²) in [6.07, 6.45) is 7.16. The van der Waals surface area contributed by atoms with Crippen LogP contribution < -0.4 is 4.90 Å². The van der Waals surface area contributed by atoms with E-state index in [4.69, 9.17) is 4.98 Å². The molecule has 1 aromatic heterocycles. The van der Waals surface area contributed by atoms with Crippen LogP contribution >= 0.6 is 0 Å². The fourth-order valence-corrected chi connectivity index (χ4v) is 3.28. The highest BCUT2D eigenvalue weighted by atomic mass is 16.3. The van der Waals surface area contributed by atoms with Crippen LogP contribution in [-0.4, -0.2) is 34.8 Å². The van der Waals surface area contributed by atoms with Gasteiger partial charge in [-0.15, -0.1) is 0 Å². The maximum absolute atomic E-state index is 10.00. The molecular formula is C19H25N3O. The number of benzene rings is 1. The third-order valence-corrected chi connectivity index (χ3v) is 4.70. The summed E-state index contributed by atoms with van der Waals surface area (Å²) in [5, 5.41) is 10.00. The number of fused-ring (bicyclic) bond motifs is 1. The van der Waals surface area contributed by atoms with Crippen molar-refractivity contribution >= 4 is 16.9 Å². The van der Waals surface area contributed by atoms with Crippen molar-refractivity contribution in [3.8, 4) is 0 Å². The highest BCUT2D eigenvalue weighted by Crippen LogP contribution is 2.35. The topological polar surface area (TPSA) is 49.2 Å². The van der Waals surface area contributed by atoms with Crippen LogP contribution in [-0.2, 0) is 0 Å². The Hall–Kier alpha value is -1.94. The molecule has 3 rings (SSSR count). The second-order valence-corrected chi connectivity index (χ2v) is 6.89. The third kappa shape index (κ3) is 3.53. The Morgan fingerprint density at radius 3 is 2.83 bits per heavy atom. The number of aliphatic hydroxyl groups is 1. The first kappa shape index (κ1) is 15.9. The Morgan fingerprint density at radius 1 is 1.30 bits per heavy atom. The van der Waals surface area contributed by atoms with Gasteiger partial charge in [0, 0.05) is 18.5 Å². The number of anilines is 1. The Bertz CT molecular complexity index is 709. The summed E-state index contributed by atoms with van der Waals surface area (Å²) in [5.74, 6) is 0.915. The average Bonchev–Trinajstić information content (AvgIpc) is 2.60. The van der Waals surface area contributed by atoms with Crippen LogP contribution in [0.5, 0.6) is 0 Å². The average molecular weight is 311 g/mol. The molecule has 0 radical (unpaired) electrons. The van der Waals surface area contributed by atoms with E-state index in [2.05, 4.69) is 29.8 Å². The summed E-state index contributed by atoms with van der Waals surface area (Å²) in [4.78, 5) is 11.6. The molecule has 0 spiro atoms. The highest BCUT2D eigenvalue weighted by molar-refractivity contribution is 5.75. The van der Waals surface area contributed by atoms with Crippen molar-refractivity contribution in [2.24, 2.45) is 5.41 Å². The smallest absolute Gasteiger partial charge is 0.147 e. The molecule has 1 aromatic carbocycles. The van der Waals surface area contributed by atoms with Crippen molar-refractivity contribution in [2.45, 2.75) is 33.1 Å². The number of aromatic nitrogens is 2. The Kier molecular flexibility index (Phi) is 4.62. The van der Waals surface area contributed by atoms with E-state index >= 15 is 0 Å². The van der Waals surface area contributed by atoms with E-state index in [-0.39, 0.29) is 12.0 Å². The number of para-hydroxylation sites is 2. The molecule has 122 valence electrons. The van der Waals surface area contributed by atoms with Crippen molar-refractivity contribution in [3.05, 3.63) is 42.1 Å². The van der Waals surface area contributed by atoms with Crippen LogP contribution in [0.25, 0.3) is 11.0 Å². The zero-order chi connectivity index (χ0) is 16.3. The molecule has 0 bridgehead atoms. The van der Waals surface area contributed by atoms with Gasteiger partial charge in [-0.25, -0.2) is 4.98 Å². The molecular weight excluding hydrogens is 286 g/mol. The lowest BCUT2D eigenvalue weighted by molar-refractivity contribution is 0.108. The summed E-state index contributed by atoms with van der Waals surface area (Å²) in [6.45, 7) is 6.25. The molecule has 1 atom stereocenters. The molecule has 0 aliphatic carbocycles. The van der Waals surface area contributed by atoms with Gasteiger partial charge in [0.1, 0.15) is 5.82 Å². The lowest BCUT2D eigenvalue weighted by Gasteiger charge is -2.42. The van der Waals surface area contributed by atoms with Gasteiger partial charge >= 0.3 is 0 Å². The Balaban J connectivity index is 1.85. The molecule has 2 heterocycles. The van der Waals surface area contributed by atoms with Gasteiger partial charge in [0.2, 0.25) is 0 Å². The largest absolute Gasteiger partial charge is 0.396 e. The number of allylic oxidation sites excluding steroid dienone is 2. The molecule has 1 aliphatic heterocycles. The molecule has 0 amide bonds. The minimum absolute atomic E-state index is 0.0666. The van der Waals surface area contributed by atoms with E-state index in [9.17, 15) is 5.11 Å². The van der Waals surface area contributed by atoms with Crippen molar-refractivity contribution in [3.63, 3.8) is 0 Å². The lowest BCUT2D eigenvalue weighted by Crippen LogP contribution is -2.45. The van der Waals surface area contributed by atoms with Gasteiger partial charge in [0.25, 0.3) is 0 Å². The van der Waals surface area contributed by atoms with Gasteiger partial charge in [-0.3, -0.25) is 4.98 Å². The molecule has 0 saturated carbocycles. The van der Waals surface area contributed by atoms with Crippen LogP contribution in [0.3, 0.4) is 0 Å². The standard InChI is InChI=1S/C19H25N3O/c1-15(2)8-10-19(14-23)9-5-11-22(13-19)18-12-20-16-6-3-4-7-17(16)21-18/h3-4,6-8,12,23H,5,9-11,13-14H2,1-2H3/t19-/m0/s1. The zero-order valence-corrected chi connectivity index (χ0v) is 14.0. The monoisotopic (exact) mass is 311 g/mol. The van der Waals surface area contributed by atoms with Crippen LogP contribution in [0.1, 0.15) is 33.1 Å². The predicted molar refractivity (Wildman–Crippen MR) is 94.6 cm³/mol. The first-order chi connectivity index (χ1) is 11.1. The van der Waals surface area contributed by atoms with Crippen molar-refractivity contribution in [2.75, 3.05) is 24.6 Å². The van der Waals surface area contributed by atoms with E-state index in [1.165, 1.54) is 5.57 Å². The maximum atomic E-state index is 10.00. The van der Waals surface area contributed by atoms with Gasteiger partial charge in [-0.1, -0.05) is 23.8 Å². The quantitative estimate of drug-likeness (QED) is 0.877. The number of hydrogen-bond acceptors (Lipinski definition) is 4. The van der Waals surface area contributed by atoms with E-state index in [1.807, 2.05) is 30.5 Å². The number of rotatable bonds is 4. The molecule has 0 unspecified atom stereocenters. The van der Waals surface area contributed by atoms with E-state index in [0.29, 0.717) is 0 Å². The van der Waals surface area contributed by atoms with Crippen LogP contribution in [0.4, 0.5) is 5.82 Å². The maximum Gasteiger partial charge on any atom is 0.147 e. The lowest BCUT2D eigenvalue weighted by atomic mass is 9.77. The van der Waals surface area contributed by atoms with Gasteiger partial charge < -0.3 is 10.0 Å². The number of aliphatic hydroxyl groups excluding tert-OH is 1. The van der Waals surface area contributed by atoms with E-state index in [0.717, 1.165) is 49.2 Å². The van der Waals surface area contributed by atoms with Crippen LogP contribution in [0, 0.1) is 5.41 Å². The summed E-state index contributed by atoms with van der Waals surface area (Å²) in [5.41, 5.74) is 3.09. The Labute approximate surface area is 137 Å². The van der Waals surface area contributed by atoms with Gasteiger partial charge in [0.15, 0.2) is 0 Å². The van der Waals surface area contributed by atoms with Gasteiger partial charge in [-0.2, -0.15) is 0 Å². The third-order valence-electron chi connectivity index (χ3n) is 4.70. The summed E-state index contributed by atoms with van der Waals surface area (Å²) < 4.78 is 0. The number of hydrogen-bond donors (Lipinski definition) is 1. The molecule has 1 N–H and O–H groups in total. The minimum atomic E-state index is -0.0666. The first-order valence-corrected chi connectivity index (χ1v) is 8.33. The normalized spacial score (nSPS) is 21.4. The highest BCUT2D eigenvalue weighted by Gasteiger charge is 2.34. The fraction of sp³-hybridized carbons (Fsp3) is 0.474. The van der Waals surface area contributed by atoms with E-state index in [1.54, 1.807) is 0 Å². The van der Waals surface area contributed by atoms with Crippen LogP contribution in [0.15, 0.2) is 42.1 Å². The summed E-state index contributed by atoms with van der Waals surface area (Å²) in [6, 6.07) is 7.95.